The van der Waals surface area contributed by atoms with Gasteiger partial charge in [-0.05, 0) is 80.8 Å². The monoisotopic (exact) mass is 605 g/mol. The van der Waals surface area contributed by atoms with Crippen LogP contribution in [0.15, 0.2) is 45.3 Å². The summed E-state index contributed by atoms with van der Waals surface area (Å²) >= 11 is 36.3. The van der Waals surface area contributed by atoms with Crippen molar-refractivity contribution in [2.45, 2.75) is 16.9 Å². The highest BCUT2D eigenvalue weighted by Gasteiger charge is 2.35. The maximum Gasteiger partial charge on any atom is 0.254 e. The number of carbonyl (C=O) groups is 1. The Kier molecular flexibility index (Phi) is 8.70. The fraction of sp³-hybridized carbons (Fsp3) is 0.176. The lowest BCUT2D eigenvalue weighted by Gasteiger charge is -2.28. The standard InChI is InChI=1S/C17H13Br2Cl4N3OS/c1-8-6-10(18)13(11(19)7-8)24-16(28)26-15(17(21,22)23)25-14(27)9-4-2-3-5-12(9)20/h2-7,15H,1H3,(H,25,27)(H2,24,26,28). The number of anilines is 1. The van der Waals surface area contributed by atoms with Crippen molar-refractivity contribution in [3.8, 4) is 0 Å². The summed E-state index contributed by atoms with van der Waals surface area (Å²) in [5.74, 6) is -0.519. The van der Waals surface area contributed by atoms with Crippen LogP contribution in [0.3, 0.4) is 0 Å². The zero-order chi connectivity index (χ0) is 21.1. The lowest BCUT2D eigenvalue weighted by molar-refractivity contribution is 0.0934. The fourth-order valence-corrected chi connectivity index (χ4v) is 4.54. The van der Waals surface area contributed by atoms with E-state index in [0.29, 0.717) is 5.69 Å². The molecule has 0 spiro atoms. The molecule has 0 bridgehead atoms. The van der Waals surface area contributed by atoms with E-state index in [1.807, 2.05) is 19.1 Å². The Balaban J connectivity index is 2.16. The summed E-state index contributed by atoms with van der Waals surface area (Å²) in [5, 5.41) is 8.81. The van der Waals surface area contributed by atoms with Gasteiger partial charge < -0.3 is 16.0 Å². The number of alkyl halides is 3. The molecule has 2 aromatic carbocycles. The summed E-state index contributed by atoms with van der Waals surface area (Å²) in [6.45, 7) is 1.96. The lowest BCUT2D eigenvalue weighted by atomic mass is 10.2. The van der Waals surface area contributed by atoms with Crippen molar-refractivity contribution in [1.82, 2.24) is 10.6 Å². The van der Waals surface area contributed by atoms with E-state index in [-0.39, 0.29) is 15.7 Å². The molecular formula is C17H13Br2Cl4N3OS. The Morgan fingerprint density at radius 1 is 1.11 bits per heavy atom. The number of hydrogen-bond donors (Lipinski definition) is 3. The smallest absolute Gasteiger partial charge is 0.254 e. The Labute approximate surface area is 204 Å². The van der Waals surface area contributed by atoms with Crippen molar-refractivity contribution in [1.29, 1.82) is 0 Å². The first-order valence-corrected chi connectivity index (χ1v) is 11.1. The molecular weight excluding hydrogens is 596 g/mol. The van der Waals surface area contributed by atoms with Gasteiger partial charge in [0.1, 0.15) is 6.17 Å². The first-order chi connectivity index (χ1) is 13.0. The second-order valence-corrected chi connectivity index (χ2v) is 10.5. The van der Waals surface area contributed by atoms with Crippen LogP contribution in [0.25, 0.3) is 0 Å². The normalized spacial score (nSPS) is 12.2. The van der Waals surface area contributed by atoms with Crippen LogP contribution in [0, 0.1) is 6.92 Å². The third-order valence-corrected chi connectivity index (χ3v) is 5.88. The van der Waals surface area contributed by atoms with E-state index in [0.717, 1.165) is 14.5 Å². The van der Waals surface area contributed by atoms with Gasteiger partial charge in [0, 0.05) is 8.95 Å². The van der Waals surface area contributed by atoms with Gasteiger partial charge in [-0.25, -0.2) is 0 Å². The van der Waals surface area contributed by atoms with Crippen molar-refractivity contribution >= 4 is 107 Å². The summed E-state index contributed by atoms with van der Waals surface area (Å²) < 4.78 is -0.312. The molecule has 1 unspecified atom stereocenters. The number of halogens is 6. The molecule has 1 amide bonds. The molecule has 0 fully saturated rings. The van der Waals surface area contributed by atoms with E-state index in [2.05, 4.69) is 47.8 Å². The van der Waals surface area contributed by atoms with E-state index in [9.17, 15) is 4.79 Å². The Hall–Kier alpha value is -0.280. The van der Waals surface area contributed by atoms with E-state index in [1.165, 1.54) is 0 Å². The molecule has 0 heterocycles. The number of amides is 1. The SMILES string of the molecule is Cc1cc(Br)c(NC(=S)NC(NC(=O)c2ccccc2Cl)C(Cl)(Cl)Cl)c(Br)c1. The molecule has 0 aliphatic heterocycles. The molecule has 2 aromatic rings. The number of benzene rings is 2. The topological polar surface area (TPSA) is 53.2 Å². The largest absolute Gasteiger partial charge is 0.339 e. The van der Waals surface area contributed by atoms with Crippen LogP contribution in [0.4, 0.5) is 5.69 Å². The third kappa shape index (κ3) is 6.62. The van der Waals surface area contributed by atoms with Gasteiger partial charge in [0.2, 0.25) is 3.79 Å². The highest BCUT2D eigenvalue weighted by Crippen LogP contribution is 2.33. The molecule has 150 valence electrons. The van der Waals surface area contributed by atoms with Gasteiger partial charge in [0.05, 0.1) is 16.3 Å². The Morgan fingerprint density at radius 3 is 2.21 bits per heavy atom. The number of carbonyl (C=O) groups excluding carboxylic acids is 1. The molecule has 28 heavy (non-hydrogen) atoms. The summed E-state index contributed by atoms with van der Waals surface area (Å²) in [5.41, 5.74) is 1.98. The highest BCUT2D eigenvalue weighted by molar-refractivity contribution is 9.11. The zero-order valence-electron chi connectivity index (χ0n) is 14.1. The Bertz CT molecular complexity index is 885. The van der Waals surface area contributed by atoms with Crippen LogP contribution in [0.5, 0.6) is 0 Å². The molecule has 0 saturated heterocycles. The van der Waals surface area contributed by atoms with Crippen LogP contribution in [-0.4, -0.2) is 21.0 Å². The second-order valence-electron chi connectivity index (χ2n) is 5.63. The average Bonchev–Trinajstić information content (AvgIpc) is 2.57. The van der Waals surface area contributed by atoms with Crippen molar-refractivity contribution in [3.63, 3.8) is 0 Å². The highest BCUT2D eigenvalue weighted by atomic mass is 79.9. The maximum absolute atomic E-state index is 12.5. The summed E-state index contributed by atoms with van der Waals surface area (Å²) in [6, 6.07) is 10.4. The third-order valence-electron chi connectivity index (χ3n) is 3.42. The number of nitrogens with one attached hydrogen (secondary N) is 3. The van der Waals surface area contributed by atoms with Gasteiger partial charge in [0.25, 0.3) is 5.91 Å². The van der Waals surface area contributed by atoms with Crippen molar-refractivity contribution in [3.05, 3.63) is 61.5 Å². The van der Waals surface area contributed by atoms with Crippen molar-refractivity contribution in [2.24, 2.45) is 0 Å². The fourth-order valence-electron chi connectivity index (χ4n) is 2.15. The predicted molar refractivity (Wildman–Crippen MR) is 129 cm³/mol. The van der Waals surface area contributed by atoms with Crippen LogP contribution < -0.4 is 16.0 Å². The minimum atomic E-state index is -1.88. The molecule has 0 saturated carbocycles. The van der Waals surface area contributed by atoms with Gasteiger partial charge in [0.15, 0.2) is 5.11 Å². The van der Waals surface area contributed by atoms with Gasteiger partial charge >= 0.3 is 0 Å². The first kappa shape index (κ1) is 24.0. The van der Waals surface area contributed by atoms with Crippen LogP contribution >= 0.6 is 90.5 Å². The van der Waals surface area contributed by atoms with Crippen LogP contribution in [0.1, 0.15) is 15.9 Å². The van der Waals surface area contributed by atoms with Crippen molar-refractivity contribution < 1.29 is 4.79 Å². The van der Waals surface area contributed by atoms with E-state index < -0.39 is 15.9 Å². The predicted octanol–water partition coefficient (Wildman–Crippen LogP) is 6.59. The molecule has 0 aromatic heterocycles. The van der Waals surface area contributed by atoms with E-state index >= 15 is 0 Å². The lowest BCUT2D eigenvalue weighted by Crippen LogP contribution is -2.56. The molecule has 0 aliphatic carbocycles. The van der Waals surface area contributed by atoms with E-state index in [4.69, 9.17) is 58.6 Å². The molecule has 4 nitrogen and oxygen atoms in total. The van der Waals surface area contributed by atoms with Crippen molar-refractivity contribution in [2.75, 3.05) is 5.32 Å². The van der Waals surface area contributed by atoms with Gasteiger partial charge in [-0.2, -0.15) is 0 Å². The van der Waals surface area contributed by atoms with Crippen LogP contribution in [-0.2, 0) is 0 Å². The molecule has 0 aliphatic rings. The zero-order valence-corrected chi connectivity index (χ0v) is 21.1. The Morgan fingerprint density at radius 2 is 1.68 bits per heavy atom. The minimum absolute atomic E-state index is 0.140. The number of rotatable bonds is 4. The average molecular weight is 609 g/mol. The van der Waals surface area contributed by atoms with Gasteiger partial charge in [-0.15, -0.1) is 0 Å². The maximum atomic E-state index is 12.5. The van der Waals surface area contributed by atoms with Gasteiger partial charge in [-0.1, -0.05) is 58.5 Å². The molecule has 3 N–H and O–H groups in total. The molecule has 11 heteroatoms. The van der Waals surface area contributed by atoms with E-state index in [1.54, 1.807) is 24.3 Å². The first-order valence-electron chi connectivity index (χ1n) is 7.64. The number of aryl methyl sites for hydroxylation is 1. The van der Waals surface area contributed by atoms with Gasteiger partial charge in [-0.3, -0.25) is 4.79 Å². The summed E-state index contributed by atoms with van der Waals surface area (Å²) in [6.07, 6.45) is -1.12. The molecule has 0 radical (unpaired) electrons. The second kappa shape index (κ2) is 10.2. The number of thiocarbonyl (C=S) groups is 1. The summed E-state index contributed by atoms with van der Waals surface area (Å²) in [7, 11) is 0. The quantitative estimate of drug-likeness (QED) is 0.208. The molecule has 2 rings (SSSR count). The van der Waals surface area contributed by atoms with Crippen LogP contribution in [0.2, 0.25) is 5.02 Å². The minimum Gasteiger partial charge on any atom is -0.339 e. The summed E-state index contributed by atoms with van der Waals surface area (Å²) in [4.78, 5) is 12.5. The molecule has 1 atom stereocenters. The number of hydrogen-bond acceptors (Lipinski definition) is 2.